The molecule has 0 bridgehead atoms. The average molecular weight is 546 g/mol. The summed E-state index contributed by atoms with van der Waals surface area (Å²) in [6, 6.07) is 0.103. The monoisotopic (exact) mass is 545 g/mol. The van der Waals surface area contributed by atoms with Crippen LogP contribution in [0.3, 0.4) is 0 Å². The van der Waals surface area contributed by atoms with Crippen LogP contribution in [0.15, 0.2) is 5.11 Å². The van der Waals surface area contributed by atoms with Gasteiger partial charge >= 0.3 is 12.1 Å². The Morgan fingerprint density at radius 3 is 2.51 bits per heavy atom. The molecule has 0 saturated heterocycles. The van der Waals surface area contributed by atoms with Gasteiger partial charge in [-0.05, 0) is 124 Å². The van der Waals surface area contributed by atoms with Gasteiger partial charge in [0.2, 0.25) is 0 Å². The fraction of sp³-hybridized carbons (Fsp3) is 0.933. The minimum Gasteiger partial charge on any atom is -0.469 e. The van der Waals surface area contributed by atoms with Crippen LogP contribution < -0.4 is 11.1 Å². The molecular formula is C30H51N5O4. The summed E-state index contributed by atoms with van der Waals surface area (Å²) in [6.07, 6.45) is 7.68. The van der Waals surface area contributed by atoms with Crippen molar-refractivity contribution in [3.05, 3.63) is 10.4 Å². The number of rotatable bonds is 6. The summed E-state index contributed by atoms with van der Waals surface area (Å²) in [4.78, 5) is 28.3. The molecule has 9 nitrogen and oxygen atoms in total. The van der Waals surface area contributed by atoms with E-state index in [9.17, 15) is 9.59 Å². The molecule has 0 aromatic heterocycles. The van der Waals surface area contributed by atoms with Crippen LogP contribution in [0.1, 0.15) is 99.3 Å². The van der Waals surface area contributed by atoms with Crippen molar-refractivity contribution in [2.75, 3.05) is 7.11 Å². The number of nitrogens with zero attached hydrogens (tertiary/aromatic N) is 3. The molecule has 4 rings (SSSR count). The Kier molecular flexibility index (Phi) is 8.55. The van der Waals surface area contributed by atoms with Crippen LogP contribution in [0.5, 0.6) is 0 Å². The Morgan fingerprint density at radius 1 is 1.15 bits per heavy atom. The van der Waals surface area contributed by atoms with Crippen LogP contribution in [-0.4, -0.2) is 42.9 Å². The van der Waals surface area contributed by atoms with Gasteiger partial charge in [-0.1, -0.05) is 25.9 Å². The third-order valence-corrected chi connectivity index (χ3v) is 11.6. The second-order valence-electron chi connectivity index (χ2n) is 14.6. The van der Waals surface area contributed by atoms with Crippen LogP contribution >= 0.6 is 0 Å². The van der Waals surface area contributed by atoms with Gasteiger partial charge in [-0.25, -0.2) is 4.79 Å². The maximum absolute atomic E-state index is 13.2. The predicted octanol–water partition coefficient (Wildman–Crippen LogP) is 6.35. The molecular weight excluding hydrogens is 494 g/mol. The van der Waals surface area contributed by atoms with Crippen molar-refractivity contribution in [1.82, 2.24) is 5.32 Å². The third kappa shape index (κ3) is 5.63. The normalized spacial score (nSPS) is 42.2. The van der Waals surface area contributed by atoms with E-state index in [-0.39, 0.29) is 41.0 Å². The number of hydrogen-bond donors (Lipinski definition) is 2. The summed E-state index contributed by atoms with van der Waals surface area (Å²) in [5.74, 6) is 2.11. The zero-order valence-electron chi connectivity index (χ0n) is 25.1. The molecule has 1 amide bonds. The lowest BCUT2D eigenvalue weighted by Crippen LogP contribution is -2.66. The number of alkyl carbamates (subject to hydrolysis) is 1. The molecule has 4 saturated carbocycles. The van der Waals surface area contributed by atoms with E-state index < -0.39 is 5.60 Å². The quantitative estimate of drug-likeness (QED) is 0.173. The third-order valence-electron chi connectivity index (χ3n) is 11.6. The summed E-state index contributed by atoms with van der Waals surface area (Å²) in [6.45, 7) is 12.8. The van der Waals surface area contributed by atoms with E-state index in [1.807, 2.05) is 20.8 Å². The lowest BCUT2D eigenvalue weighted by Gasteiger charge is -2.64. The van der Waals surface area contributed by atoms with Crippen LogP contribution in [0.4, 0.5) is 4.79 Å². The van der Waals surface area contributed by atoms with Gasteiger partial charge in [0.1, 0.15) is 5.60 Å². The van der Waals surface area contributed by atoms with Crippen molar-refractivity contribution in [2.45, 2.75) is 123 Å². The van der Waals surface area contributed by atoms with E-state index in [2.05, 4.69) is 36.1 Å². The van der Waals surface area contributed by atoms with E-state index >= 15 is 0 Å². The largest absolute Gasteiger partial charge is 0.469 e. The van der Waals surface area contributed by atoms with E-state index in [4.69, 9.17) is 20.7 Å². The first kappa shape index (κ1) is 30.0. The summed E-state index contributed by atoms with van der Waals surface area (Å²) < 4.78 is 10.7. The Balaban J connectivity index is 1.67. The molecule has 39 heavy (non-hydrogen) atoms. The lowest BCUT2D eigenvalue weighted by molar-refractivity contribution is -0.142. The van der Waals surface area contributed by atoms with Crippen molar-refractivity contribution >= 4 is 12.1 Å². The number of amides is 1. The Hall–Kier alpha value is -1.99. The number of nitrogens with one attached hydrogen (secondary N) is 1. The maximum atomic E-state index is 13.2. The highest BCUT2D eigenvalue weighted by molar-refractivity contribution is 5.69. The number of nitrogens with two attached hydrogens (primary N) is 1. The number of esters is 1. The standard InChI is InChI=1S/C30H51N5O4/c1-17(8-11-25(36)38-7)20-9-10-21-26-22(16-24(30(20,21)6)33-27(37)39-28(2,3)4)29(5)13-12-19(34-35-32)14-18(29)15-23(26)31/h17-24,26H,8-16,31H2,1-7H3,(H,33,37)/t17-,18+,19-,20-,21+,22+,23-,24+,26+,29+,30-/m1/s1. The van der Waals surface area contributed by atoms with Gasteiger partial charge in [0.05, 0.1) is 7.11 Å². The number of carbonyl (C=O) groups is 2. The molecule has 0 aliphatic heterocycles. The van der Waals surface area contributed by atoms with Gasteiger partial charge in [-0.2, -0.15) is 0 Å². The van der Waals surface area contributed by atoms with E-state index in [0.717, 1.165) is 51.4 Å². The highest BCUT2D eigenvalue weighted by Gasteiger charge is 2.65. The zero-order valence-corrected chi connectivity index (χ0v) is 25.1. The number of methoxy groups -OCH3 is 1. The average Bonchev–Trinajstić information content (AvgIpc) is 3.21. The molecule has 4 aliphatic rings. The first-order chi connectivity index (χ1) is 18.2. The molecule has 0 aromatic carbocycles. The summed E-state index contributed by atoms with van der Waals surface area (Å²) >= 11 is 0. The van der Waals surface area contributed by atoms with Gasteiger partial charge in [0.25, 0.3) is 0 Å². The number of carbonyl (C=O) groups excluding carboxylic acids is 2. The van der Waals surface area contributed by atoms with Crippen molar-refractivity contribution in [1.29, 1.82) is 0 Å². The number of ether oxygens (including phenoxy) is 2. The van der Waals surface area contributed by atoms with Crippen molar-refractivity contribution in [3.8, 4) is 0 Å². The fourth-order valence-corrected chi connectivity index (χ4v) is 9.76. The molecule has 4 aliphatic carbocycles. The van der Waals surface area contributed by atoms with Crippen LogP contribution in [0.2, 0.25) is 0 Å². The van der Waals surface area contributed by atoms with E-state index in [0.29, 0.717) is 41.9 Å². The minimum absolute atomic E-state index is 0.0377. The highest BCUT2D eigenvalue weighted by atomic mass is 16.6. The maximum Gasteiger partial charge on any atom is 0.407 e. The molecule has 4 fully saturated rings. The Bertz CT molecular complexity index is 977. The molecule has 0 unspecified atom stereocenters. The number of hydrogen-bond acceptors (Lipinski definition) is 6. The topological polar surface area (TPSA) is 139 Å². The lowest BCUT2D eigenvalue weighted by atomic mass is 9.42. The molecule has 11 atom stereocenters. The first-order valence-corrected chi connectivity index (χ1v) is 15.1. The number of fused-ring (bicyclic) bond motifs is 5. The van der Waals surface area contributed by atoms with Crippen molar-refractivity contribution in [2.24, 2.45) is 57.2 Å². The second kappa shape index (κ2) is 11.1. The van der Waals surface area contributed by atoms with Gasteiger partial charge in [0.15, 0.2) is 0 Å². The van der Waals surface area contributed by atoms with Gasteiger partial charge in [-0.15, -0.1) is 0 Å². The first-order valence-electron chi connectivity index (χ1n) is 15.1. The van der Waals surface area contributed by atoms with Gasteiger partial charge < -0.3 is 20.5 Å². The summed E-state index contributed by atoms with van der Waals surface area (Å²) in [7, 11) is 1.44. The van der Waals surface area contributed by atoms with E-state index in [1.54, 1.807) is 0 Å². The Morgan fingerprint density at radius 2 is 1.87 bits per heavy atom. The molecule has 0 radical (unpaired) electrons. The minimum atomic E-state index is -0.575. The predicted molar refractivity (Wildman–Crippen MR) is 150 cm³/mol. The second-order valence-corrected chi connectivity index (χ2v) is 14.6. The molecule has 0 spiro atoms. The van der Waals surface area contributed by atoms with Gasteiger partial charge in [0, 0.05) is 29.5 Å². The Labute approximate surface area is 234 Å². The summed E-state index contributed by atoms with van der Waals surface area (Å²) in [5, 5.41) is 7.46. The molecule has 0 aromatic rings. The van der Waals surface area contributed by atoms with Crippen LogP contribution in [0, 0.1) is 46.3 Å². The SMILES string of the molecule is COC(=O)CC[C@@H](C)[C@H]1CC[C@H]2[C@@H]3[C@H](N)C[C@@H]4C[C@H](N=[N+]=[N-])CC[C@]4(C)[C@H]3C[C@H](NC(=O)OC(C)(C)C)[C@]12C. The highest BCUT2D eigenvalue weighted by Crippen LogP contribution is 2.68. The molecule has 220 valence electrons. The van der Waals surface area contributed by atoms with E-state index in [1.165, 1.54) is 7.11 Å². The van der Waals surface area contributed by atoms with Crippen molar-refractivity contribution < 1.29 is 19.1 Å². The van der Waals surface area contributed by atoms with Crippen molar-refractivity contribution in [3.63, 3.8) is 0 Å². The molecule has 3 N–H and O–H groups in total. The van der Waals surface area contributed by atoms with Crippen LogP contribution in [0.25, 0.3) is 10.4 Å². The molecule has 0 heterocycles. The zero-order chi connectivity index (χ0) is 28.8. The van der Waals surface area contributed by atoms with Gasteiger partial charge in [-0.3, -0.25) is 4.79 Å². The summed E-state index contributed by atoms with van der Waals surface area (Å²) in [5.41, 5.74) is 15.5. The molecule has 9 heteroatoms. The smallest absolute Gasteiger partial charge is 0.407 e. The number of azide groups is 1. The fourth-order valence-electron chi connectivity index (χ4n) is 9.76. The van der Waals surface area contributed by atoms with Crippen LogP contribution in [-0.2, 0) is 14.3 Å².